The number of methoxy groups -OCH3 is 1. The fourth-order valence-corrected chi connectivity index (χ4v) is 6.53. The number of amides is 1. The number of carbonyl (C=O) groups is 1. The number of benzene rings is 3. The van der Waals surface area contributed by atoms with E-state index >= 15 is 0 Å². The Hall–Kier alpha value is -4.88. The molecule has 1 aliphatic heterocycles. The summed E-state index contributed by atoms with van der Waals surface area (Å²) in [6, 6.07) is 21.4. The molecule has 0 atom stereocenters. The van der Waals surface area contributed by atoms with Crippen LogP contribution < -0.4 is 29.1 Å². The zero-order chi connectivity index (χ0) is 36.8. The van der Waals surface area contributed by atoms with Gasteiger partial charge in [-0.1, -0.05) is 77.1 Å². The van der Waals surface area contributed by atoms with E-state index in [1.807, 2.05) is 36.2 Å². The zero-order valence-electron chi connectivity index (χ0n) is 30.4. The maximum absolute atomic E-state index is 13.9. The van der Waals surface area contributed by atoms with Crippen LogP contribution in [0.1, 0.15) is 58.1 Å². The summed E-state index contributed by atoms with van der Waals surface area (Å²) in [6.45, 7) is 13.0. The molecule has 2 N–H and O–H groups in total. The minimum Gasteiger partial charge on any atom is -0.493 e. The summed E-state index contributed by atoms with van der Waals surface area (Å²) in [4.78, 5) is 26.8. The molecule has 4 aromatic rings. The lowest BCUT2D eigenvalue weighted by Crippen LogP contribution is -2.45. The van der Waals surface area contributed by atoms with Crippen LogP contribution >= 0.6 is 0 Å². The Morgan fingerprint density at radius 1 is 0.902 bits per heavy atom. The Balaban J connectivity index is 1.52. The first-order valence-corrected chi connectivity index (χ1v) is 18.5. The van der Waals surface area contributed by atoms with Crippen molar-refractivity contribution in [3.63, 3.8) is 0 Å². The summed E-state index contributed by atoms with van der Waals surface area (Å²) in [5, 5.41) is 2.98. The van der Waals surface area contributed by atoms with Crippen LogP contribution in [0.25, 0.3) is 0 Å². The van der Waals surface area contributed by atoms with Crippen LogP contribution in [0.3, 0.4) is 0 Å². The Morgan fingerprint density at radius 3 is 2.20 bits per heavy atom. The number of aromatic nitrogens is 2. The van der Waals surface area contributed by atoms with Crippen LogP contribution in [-0.4, -0.2) is 76.1 Å². The predicted molar refractivity (Wildman–Crippen MR) is 200 cm³/mol. The molecular weight excluding hydrogens is 669 g/mol. The summed E-state index contributed by atoms with van der Waals surface area (Å²) < 4.78 is 48.5. The van der Waals surface area contributed by atoms with Crippen LogP contribution in [0, 0.1) is 0 Å². The second-order valence-corrected chi connectivity index (χ2v) is 15.5. The van der Waals surface area contributed by atoms with Crippen molar-refractivity contribution in [1.29, 1.82) is 0 Å². The van der Waals surface area contributed by atoms with E-state index < -0.39 is 10.0 Å². The third-order valence-electron chi connectivity index (χ3n) is 8.58. The van der Waals surface area contributed by atoms with Gasteiger partial charge in [0.15, 0.2) is 17.3 Å². The Bertz CT molecular complexity index is 1920. The van der Waals surface area contributed by atoms with Crippen molar-refractivity contribution in [2.45, 2.75) is 57.3 Å². The molecule has 1 aromatic heterocycles. The highest BCUT2D eigenvalue weighted by Gasteiger charge is 2.28. The van der Waals surface area contributed by atoms with Crippen molar-refractivity contribution >= 4 is 33.4 Å². The predicted octanol–water partition coefficient (Wildman–Crippen LogP) is 6.66. The van der Waals surface area contributed by atoms with E-state index in [9.17, 15) is 13.2 Å². The van der Waals surface area contributed by atoms with Gasteiger partial charge in [-0.15, -0.1) is 0 Å². The molecule has 0 radical (unpaired) electrons. The number of ether oxygens (including phenoxy) is 3. The first kappa shape index (κ1) is 37.4. The Morgan fingerprint density at radius 2 is 1.55 bits per heavy atom. The maximum Gasteiger partial charge on any atom is 0.265 e. The van der Waals surface area contributed by atoms with Crippen molar-refractivity contribution in [2.75, 3.05) is 61.9 Å². The number of para-hydroxylation sites is 3. The van der Waals surface area contributed by atoms with Crippen LogP contribution in [0.5, 0.6) is 23.1 Å². The van der Waals surface area contributed by atoms with Crippen molar-refractivity contribution < 1.29 is 27.4 Å². The van der Waals surface area contributed by atoms with Gasteiger partial charge >= 0.3 is 0 Å². The van der Waals surface area contributed by atoms with Gasteiger partial charge in [0.1, 0.15) is 0 Å². The van der Waals surface area contributed by atoms with E-state index in [1.54, 1.807) is 48.5 Å². The highest BCUT2D eigenvalue weighted by Crippen LogP contribution is 2.42. The van der Waals surface area contributed by atoms with Gasteiger partial charge in [-0.3, -0.25) is 9.52 Å². The summed E-state index contributed by atoms with van der Waals surface area (Å²) >= 11 is 0. The van der Waals surface area contributed by atoms with Gasteiger partial charge in [-0.2, -0.15) is 9.97 Å². The SMILES string of the molecule is COc1ccccc1Oc1c(NS(=O)(=O)c2ccc(C(C)(C)C)cc2)nc(N2CCN(C)CC2)nc1OCCC(=O)Nc1ccccc1C(C)C. The number of likely N-dealkylation sites (N-methyl/N-ethyl adjacent to an activating group) is 1. The lowest BCUT2D eigenvalue weighted by atomic mass is 9.87. The Labute approximate surface area is 301 Å². The molecule has 1 amide bonds. The molecule has 0 bridgehead atoms. The maximum atomic E-state index is 13.9. The van der Waals surface area contributed by atoms with Crippen molar-refractivity contribution in [3.8, 4) is 23.1 Å². The van der Waals surface area contributed by atoms with Gasteiger partial charge in [0.2, 0.25) is 17.6 Å². The van der Waals surface area contributed by atoms with Crippen molar-refractivity contribution in [2.24, 2.45) is 0 Å². The quantitative estimate of drug-likeness (QED) is 0.155. The summed E-state index contributed by atoms with van der Waals surface area (Å²) in [5.41, 5.74) is 2.60. The molecule has 1 fully saturated rings. The molecule has 272 valence electrons. The average Bonchev–Trinajstić information content (AvgIpc) is 3.09. The van der Waals surface area contributed by atoms with Crippen molar-refractivity contribution in [1.82, 2.24) is 14.9 Å². The number of nitrogens with zero attached hydrogens (tertiary/aromatic N) is 4. The molecule has 1 aliphatic rings. The molecule has 5 rings (SSSR count). The van der Waals surface area contributed by atoms with Gasteiger partial charge in [0.25, 0.3) is 15.9 Å². The fourth-order valence-electron chi connectivity index (χ4n) is 5.53. The molecule has 2 heterocycles. The normalized spacial score (nSPS) is 13.9. The highest BCUT2D eigenvalue weighted by atomic mass is 32.2. The monoisotopic (exact) mass is 716 g/mol. The van der Waals surface area contributed by atoms with Gasteiger partial charge in [-0.25, -0.2) is 8.42 Å². The largest absolute Gasteiger partial charge is 0.493 e. The first-order chi connectivity index (χ1) is 24.2. The molecular formula is C38H48N6O6S. The van der Waals surface area contributed by atoms with Gasteiger partial charge in [0.05, 0.1) is 25.0 Å². The molecule has 0 saturated carbocycles. The fraction of sp³-hybridized carbons (Fsp3) is 0.395. The standard InChI is InChI=1S/C38H48N6O6S/c1-26(2)29-12-8-9-13-30(29)39-33(45)20-25-49-36-34(50-32-15-11-10-14-31(32)48-7)35(40-37(41-36)44-23-21-43(6)22-24-44)42-51(46,47)28-18-16-27(17-19-28)38(3,4)5/h8-19,26H,20-25H2,1-7H3,(H,39,45)(H,40,41,42). The van der Waals surface area contributed by atoms with E-state index in [4.69, 9.17) is 24.2 Å². The third-order valence-corrected chi connectivity index (χ3v) is 9.93. The van der Waals surface area contributed by atoms with Crippen LogP contribution in [0.15, 0.2) is 77.7 Å². The number of rotatable bonds is 13. The van der Waals surface area contributed by atoms with Crippen molar-refractivity contribution in [3.05, 3.63) is 83.9 Å². The second kappa shape index (κ2) is 16.0. The number of sulfonamides is 1. The smallest absolute Gasteiger partial charge is 0.265 e. The van der Waals surface area contributed by atoms with E-state index in [1.165, 1.54) is 7.11 Å². The number of piperazine rings is 1. The minimum atomic E-state index is -4.16. The number of nitrogens with one attached hydrogen (secondary N) is 2. The summed E-state index contributed by atoms with van der Waals surface area (Å²) in [6.07, 6.45) is -0.00441. The molecule has 1 saturated heterocycles. The van der Waals surface area contributed by atoms with E-state index in [0.717, 1.165) is 29.9 Å². The number of anilines is 3. The van der Waals surface area contributed by atoms with Crippen LogP contribution in [0.4, 0.5) is 17.5 Å². The van der Waals surface area contributed by atoms with E-state index in [-0.39, 0.29) is 58.6 Å². The van der Waals surface area contributed by atoms with Gasteiger partial charge in [-0.05, 0) is 59.8 Å². The zero-order valence-corrected chi connectivity index (χ0v) is 31.2. The Kier molecular flexibility index (Phi) is 11.7. The topological polar surface area (TPSA) is 135 Å². The average molecular weight is 717 g/mol. The molecule has 51 heavy (non-hydrogen) atoms. The molecule has 0 aliphatic carbocycles. The van der Waals surface area contributed by atoms with Gasteiger partial charge < -0.3 is 29.3 Å². The molecule has 0 unspecified atom stereocenters. The number of carbonyl (C=O) groups excluding carboxylic acids is 1. The first-order valence-electron chi connectivity index (χ1n) is 17.1. The molecule has 13 heteroatoms. The molecule has 12 nitrogen and oxygen atoms in total. The lowest BCUT2D eigenvalue weighted by molar-refractivity contribution is -0.116. The molecule has 0 spiro atoms. The summed E-state index contributed by atoms with van der Waals surface area (Å²) in [5.74, 6) is 0.721. The number of hydrogen-bond acceptors (Lipinski definition) is 10. The third kappa shape index (κ3) is 9.47. The highest BCUT2D eigenvalue weighted by molar-refractivity contribution is 7.92. The lowest BCUT2D eigenvalue weighted by Gasteiger charge is -2.32. The van der Waals surface area contributed by atoms with Crippen LogP contribution in [-0.2, 0) is 20.2 Å². The molecule has 3 aromatic carbocycles. The van der Waals surface area contributed by atoms with E-state index in [2.05, 4.69) is 49.6 Å². The number of hydrogen-bond donors (Lipinski definition) is 2. The second-order valence-electron chi connectivity index (χ2n) is 13.8. The minimum absolute atomic E-state index is 0.00441. The van der Waals surface area contributed by atoms with Gasteiger partial charge in [0, 0.05) is 31.9 Å². The van der Waals surface area contributed by atoms with Crippen LogP contribution in [0.2, 0.25) is 0 Å². The van der Waals surface area contributed by atoms with E-state index in [0.29, 0.717) is 24.6 Å². The summed E-state index contributed by atoms with van der Waals surface area (Å²) in [7, 11) is -0.616.